The number of aryl methyl sites for hydroxylation is 1. The van der Waals surface area contributed by atoms with Crippen molar-refractivity contribution >= 4 is 17.7 Å². The molecule has 1 aliphatic rings. The van der Waals surface area contributed by atoms with Gasteiger partial charge in [-0.2, -0.15) is 0 Å². The smallest absolute Gasteiger partial charge is 0.287 e. The molecular formula is C21H27N4O4+. The van der Waals surface area contributed by atoms with E-state index in [0.29, 0.717) is 13.1 Å². The summed E-state index contributed by atoms with van der Waals surface area (Å²) < 4.78 is 4.95. The molecule has 1 aliphatic heterocycles. The third kappa shape index (κ3) is 6.18. The van der Waals surface area contributed by atoms with E-state index < -0.39 is 11.8 Å². The molecule has 8 heteroatoms. The van der Waals surface area contributed by atoms with Gasteiger partial charge in [0.05, 0.1) is 45.5 Å². The summed E-state index contributed by atoms with van der Waals surface area (Å²) in [7, 11) is 0. The van der Waals surface area contributed by atoms with Gasteiger partial charge in [0, 0.05) is 5.56 Å². The fourth-order valence-electron chi connectivity index (χ4n) is 3.36. The van der Waals surface area contributed by atoms with Crippen molar-refractivity contribution < 1.29 is 23.7 Å². The lowest BCUT2D eigenvalue weighted by Gasteiger charge is -2.32. The van der Waals surface area contributed by atoms with Crippen molar-refractivity contribution in [1.82, 2.24) is 15.5 Å². The van der Waals surface area contributed by atoms with Crippen LogP contribution in [-0.2, 0) is 16.1 Å². The normalized spacial score (nSPS) is 14.4. The molecule has 0 saturated carbocycles. The molecule has 1 saturated heterocycles. The predicted octanol–water partition coefficient (Wildman–Crippen LogP) is -0.639. The number of furan rings is 1. The van der Waals surface area contributed by atoms with E-state index in [0.717, 1.165) is 19.6 Å². The molecule has 1 aromatic carbocycles. The summed E-state index contributed by atoms with van der Waals surface area (Å²) in [5.74, 6) is -0.851. The van der Waals surface area contributed by atoms with Gasteiger partial charge in [-0.1, -0.05) is 29.8 Å². The quantitative estimate of drug-likeness (QED) is 0.577. The Morgan fingerprint density at radius 3 is 2.55 bits per heavy atom. The Balaban J connectivity index is 1.34. The van der Waals surface area contributed by atoms with Gasteiger partial charge in [0.2, 0.25) is 11.8 Å². The number of nitrogens with zero attached hydrogens (tertiary/aromatic N) is 1. The minimum absolute atomic E-state index is 0.0668. The molecule has 29 heavy (non-hydrogen) atoms. The van der Waals surface area contributed by atoms with Crippen molar-refractivity contribution in [3.05, 3.63) is 59.5 Å². The molecule has 3 amide bonds. The molecule has 3 N–H and O–H groups in total. The zero-order chi connectivity index (χ0) is 20.6. The molecule has 0 radical (unpaired) electrons. The molecular weight excluding hydrogens is 372 g/mol. The lowest BCUT2D eigenvalue weighted by Crippen LogP contribution is -3.13. The molecule has 1 aromatic heterocycles. The minimum Gasteiger partial charge on any atom is -0.459 e. The zero-order valence-electron chi connectivity index (χ0n) is 16.6. The van der Waals surface area contributed by atoms with Crippen molar-refractivity contribution in [2.24, 2.45) is 0 Å². The molecule has 154 valence electrons. The summed E-state index contributed by atoms with van der Waals surface area (Å²) in [6.07, 6.45) is 1.38. The highest BCUT2D eigenvalue weighted by molar-refractivity contribution is 5.94. The molecule has 0 spiro atoms. The fraction of sp³-hybridized carbons (Fsp3) is 0.381. The molecule has 8 nitrogen and oxygen atoms in total. The van der Waals surface area contributed by atoms with Crippen LogP contribution < -0.4 is 15.5 Å². The van der Waals surface area contributed by atoms with Crippen LogP contribution >= 0.6 is 0 Å². The third-order valence-corrected chi connectivity index (χ3v) is 4.95. The topological polar surface area (TPSA) is 96.1 Å². The maximum absolute atomic E-state index is 12.3. The average Bonchev–Trinajstić information content (AvgIpc) is 3.26. The first kappa shape index (κ1) is 20.6. The van der Waals surface area contributed by atoms with E-state index in [4.69, 9.17) is 4.42 Å². The Labute approximate surface area is 169 Å². The number of carbonyl (C=O) groups is 3. The second-order valence-corrected chi connectivity index (χ2v) is 7.23. The lowest BCUT2D eigenvalue weighted by molar-refractivity contribution is -0.917. The number of rotatable bonds is 7. The monoisotopic (exact) mass is 399 g/mol. The van der Waals surface area contributed by atoms with E-state index >= 15 is 0 Å². The number of benzene rings is 1. The molecule has 0 atom stereocenters. The van der Waals surface area contributed by atoms with Crippen LogP contribution in [-0.4, -0.2) is 61.9 Å². The average molecular weight is 399 g/mol. The second kappa shape index (κ2) is 9.88. The van der Waals surface area contributed by atoms with Crippen LogP contribution in [0.15, 0.2) is 47.1 Å². The van der Waals surface area contributed by atoms with Crippen LogP contribution in [0.3, 0.4) is 0 Å². The van der Waals surface area contributed by atoms with Crippen molar-refractivity contribution in [2.45, 2.75) is 13.5 Å². The van der Waals surface area contributed by atoms with Crippen molar-refractivity contribution in [3.63, 3.8) is 0 Å². The Bertz CT molecular complexity index is 842. The number of carbonyl (C=O) groups excluding carboxylic acids is 3. The minimum atomic E-state index is -0.468. The highest BCUT2D eigenvalue weighted by Crippen LogP contribution is 2.02. The fourth-order valence-corrected chi connectivity index (χ4v) is 3.36. The van der Waals surface area contributed by atoms with Gasteiger partial charge in [-0.25, -0.2) is 0 Å². The molecule has 2 heterocycles. The number of amides is 3. The van der Waals surface area contributed by atoms with Crippen LogP contribution in [0.2, 0.25) is 0 Å². The molecule has 0 bridgehead atoms. The van der Waals surface area contributed by atoms with Gasteiger partial charge in [0.1, 0.15) is 6.54 Å². The predicted molar refractivity (Wildman–Crippen MR) is 106 cm³/mol. The van der Waals surface area contributed by atoms with E-state index in [1.165, 1.54) is 28.4 Å². The Kier molecular flexibility index (Phi) is 7.02. The van der Waals surface area contributed by atoms with Gasteiger partial charge < -0.3 is 24.9 Å². The van der Waals surface area contributed by atoms with E-state index in [1.807, 2.05) is 0 Å². The zero-order valence-corrected chi connectivity index (χ0v) is 16.6. The first-order valence-corrected chi connectivity index (χ1v) is 9.76. The van der Waals surface area contributed by atoms with Gasteiger partial charge >= 0.3 is 0 Å². The maximum atomic E-state index is 12.3. The summed E-state index contributed by atoms with van der Waals surface area (Å²) in [6, 6.07) is 11.6. The Morgan fingerprint density at radius 2 is 1.86 bits per heavy atom. The van der Waals surface area contributed by atoms with Crippen LogP contribution in [0.25, 0.3) is 0 Å². The second-order valence-electron chi connectivity index (χ2n) is 7.23. The summed E-state index contributed by atoms with van der Waals surface area (Å²) in [4.78, 5) is 39.1. The maximum Gasteiger partial charge on any atom is 0.287 e. The van der Waals surface area contributed by atoms with Gasteiger partial charge in [-0.15, -0.1) is 0 Å². The first-order valence-electron chi connectivity index (χ1n) is 9.76. The Morgan fingerprint density at radius 1 is 1.07 bits per heavy atom. The molecule has 1 fully saturated rings. The number of hydrogen-bond donors (Lipinski definition) is 3. The molecule has 3 rings (SSSR count). The highest BCUT2D eigenvalue weighted by Gasteiger charge is 2.24. The van der Waals surface area contributed by atoms with Gasteiger partial charge in [0.15, 0.2) is 5.76 Å². The SMILES string of the molecule is Cc1cccc(C[NH+]2CCN(C(=O)CNC(=O)CNC(=O)c3ccco3)CC2)c1. The number of hydrogen-bond acceptors (Lipinski definition) is 4. The lowest BCUT2D eigenvalue weighted by atomic mass is 10.1. The van der Waals surface area contributed by atoms with E-state index in [2.05, 4.69) is 41.8 Å². The van der Waals surface area contributed by atoms with Crippen LogP contribution in [0.4, 0.5) is 0 Å². The van der Waals surface area contributed by atoms with Crippen LogP contribution in [0.1, 0.15) is 21.7 Å². The van der Waals surface area contributed by atoms with E-state index in [9.17, 15) is 14.4 Å². The summed E-state index contributed by atoms with van der Waals surface area (Å²) >= 11 is 0. The largest absolute Gasteiger partial charge is 0.459 e. The van der Waals surface area contributed by atoms with E-state index in [-0.39, 0.29) is 24.8 Å². The number of piperazine rings is 1. The molecule has 0 unspecified atom stereocenters. The van der Waals surface area contributed by atoms with Crippen LogP contribution in [0.5, 0.6) is 0 Å². The third-order valence-electron chi connectivity index (χ3n) is 4.95. The van der Waals surface area contributed by atoms with E-state index in [1.54, 1.807) is 11.0 Å². The van der Waals surface area contributed by atoms with Crippen LogP contribution in [0, 0.1) is 6.92 Å². The standard InChI is InChI=1S/C21H26N4O4/c1-16-4-2-5-17(12-16)15-24-7-9-25(10-8-24)20(27)14-22-19(26)13-23-21(28)18-6-3-11-29-18/h2-6,11-12H,7-10,13-15H2,1H3,(H,22,26)(H,23,28)/p+1. The van der Waals surface area contributed by atoms with Crippen molar-refractivity contribution in [2.75, 3.05) is 39.3 Å². The summed E-state index contributed by atoms with van der Waals surface area (Å²) in [5.41, 5.74) is 2.57. The Hall–Kier alpha value is -3.13. The number of quaternary nitrogens is 1. The number of nitrogens with one attached hydrogen (secondary N) is 3. The van der Waals surface area contributed by atoms with Crippen molar-refractivity contribution in [3.8, 4) is 0 Å². The highest BCUT2D eigenvalue weighted by atomic mass is 16.3. The van der Waals surface area contributed by atoms with Gasteiger partial charge in [-0.05, 0) is 19.1 Å². The first-order chi connectivity index (χ1) is 14.0. The molecule has 2 aromatic rings. The molecule has 0 aliphatic carbocycles. The summed E-state index contributed by atoms with van der Waals surface area (Å²) in [5, 5.41) is 5.00. The van der Waals surface area contributed by atoms with Gasteiger partial charge in [-0.3, -0.25) is 14.4 Å². The van der Waals surface area contributed by atoms with Crippen molar-refractivity contribution in [1.29, 1.82) is 0 Å². The summed E-state index contributed by atoms with van der Waals surface area (Å²) in [6.45, 7) is 5.88. The van der Waals surface area contributed by atoms with Gasteiger partial charge in [0.25, 0.3) is 5.91 Å².